The third-order valence-corrected chi connectivity index (χ3v) is 4.68. The summed E-state index contributed by atoms with van der Waals surface area (Å²) in [5.41, 5.74) is 6.37. The molecule has 1 aliphatic rings. The molecule has 1 atom stereocenters. The Kier molecular flexibility index (Phi) is 4.70. The lowest BCUT2D eigenvalue weighted by molar-refractivity contribution is 0.143. The molecule has 1 unspecified atom stereocenters. The zero-order valence-electron chi connectivity index (χ0n) is 14.7. The number of allylic oxidation sites excluding steroid dienone is 2. The van der Waals surface area contributed by atoms with Crippen LogP contribution in [0, 0.1) is 11.6 Å². The number of hydrogen-bond acceptors (Lipinski definition) is 5. The lowest BCUT2D eigenvalue weighted by Crippen LogP contribution is -2.33. The Balaban J connectivity index is 1.93. The lowest BCUT2D eigenvalue weighted by Gasteiger charge is -2.30. The average Bonchev–Trinajstić information content (AvgIpc) is 2.68. The van der Waals surface area contributed by atoms with Crippen LogP contribution in [0.3, 0.4) is 0 Å². The highest BCUT2D eigenvalue weighted by atomic mass is 35.5. The molecule has 2 N–H and O–H groups in total. The van der Waals surface area contributed by atoms with Gasteiger partial charge in [-0.25, -0.2) is 18.7 Å². The molecule has 5 nitrogen and oxygen atoms in total. The molecule has 0 saturated carbocycles. The number of aromatic nitrogens is 2. The molecule has 1 aromatic heterocycles. The molecule has 3 aromatic rings. The van der Waals surface area contributed by atoms with Crippen molar-refractivity contribution < 1.29 is 13.5 Å². The van der Waals surface area contributed by atoms with E-state index in [0.717, 1.165) is 0 Å². The molecule has 2 heterocycles. The van der Waals surface area contributed by atoms with Crippen LogP contribution in [0.1, 0.15) is 0 Å². The van der Waals surface area contributed by atoms with E-state index in [-0.39, 0.29) is 17.2 Å². The van der Waals surface area contributed by atoms with Crippen molar-refractivity contribution in [3.8, 4) is 11.1 Å². The van der Waals surface area contributed by atoms with E-state index in [1.54, 1.807) is 30.4 Å². The van der Waals surface area contributed by atoms with Crippen molar-refractivity contribution >= 4 is 34.1 Å². The van der Waals surface area contributed by atoms with Gasteiger partial charge in [0.2, 0.25) is 5.95 Å². The smallest absolute Gasteiger partial charge is 0.220 e. The van der Waals surface area contributed by atoms with Gasteiger partial charge >= 0.3 is 0 Å². The average molecular weight is 401 g/mol. The van der Waals surface area contributed by atoms with Gasteiger partial charge in [-0.05, 0) is 35.9 Å². The van der Waals surface area contributed by atoms with Crippen LogP contribution in [-0.2, 0) is 4.74 Å². The van der Waals surface area contributed by atoms with Gasteiger partial charge in [0, 0.05) is 24.9 Å². The van der Waals surface area contributed by atoms with Gasteiger partial charge in [-0.15, -0.1) is 0 Å². The fraction of sp³-hybridized carbons (Fsp3) is 0.100. The molecule has 4 rings (SSSR count). The number of fused-ring (bicyclic) bond motifs is 1. The van der Waals surface area contributed by atoms with Crippen LogP contribution in [0.2, 0.25) is 0 Å². The highest BCUT2D eigenvalue weighted by molar-refractivity contribution is 6.31. The molecule has 28 heavy (non-hydrogen) atoms. The molecular formula is C20H15ClF2N4O. The van der Waals surface area contributed by atoms with Gasteiger partial charge in [-0.3, -0.25) is 0 Å². The molecule has 8 heteroatoms. The zero-order chi connectivity index (χ0) is 19.8. The Morgan fingerprint density at radius 3 is 2.82 bits per heavy atom. The summed E-state index contributed by atoms with van der Waals surface area (Å²) >= 11 is 6.07. The largest absolute Gasteiger partial charge is 0.368 e. The second-order valence-corrected chi connectivity index (χ2v) is 6.57. The maximum atomic E-state index is 15.5. The van der Waals surface area contributed by atoms with Gasteiger partial charge in [0.15, 0.2) is 12.0 Å². The number of anilines is 2. The summed E-state index contributed by atoms with van der Waals surface area (Å²) in [5, 5.41) is 0.884. The van der Waals surface area contributed by atoms with Crippen LogP contribution in [-0.4, -0.2) is 23.3 Å². The van der Waals surface area contributed by atoms with Gasteiger partial charge in [0.05, 0.1) is 21.8 Å². The van der Waals surface area contributed by atoms with E-state index in [1.165, 1.54) is 36.5 Å². The van der Waals surface area contributed by atoms with E-state index in [9.17, 15) is 4.39 Å². The number of halogens is 3. The topological polar surface area (TPSA) is 64.3 Å². The summed E-state index contributed by atoms with van der Waals surface area (Å²) in [6, 6.07) is 7.53. The van der Waals surface area contributed by atoms with Crippen molar-refractivity contribution in [2.24, 2.45) is 0 Å². The Morgan fingerprint density at radius 2 is 2.04 bits per heavy atom. The van der Waals surface area contributed by atoms with Gasteiger partial charge in [0.25, 0.3) is 0 Å². The fourth-order valence-corrected chi connectivity index (χ4v) is 3.37. The van der Waals surface area contributed by atoms with E-state index in [2.05, 4.69) is 9.97 Å². The molecule has 0 bridgehead atoms. The minimum absolute atomic E-state index is 0.0853. The zero-order valence-corrected chi connectivity index (χ0v) is 15.5. The van der Waals surface area contributed by atoms with Crippen molar-refractivity contribution in [2.45, 2.75) is 6.23 Å². The van der Waals surface area contributed by atoms with Crippen LogP contribution in [0.4, 0.5) is 20.4 Å². The molecule has 0 spiro atoms. The molecule has 142 valence electrons. The second kappa shape index (κ2) is 7.18. The van der Waals surface area contributed by atoms with Gasteiger partial charge in [-0.1, -0.05) is 23.7 Å². The predicted octanol–water partition coefficient (Wildman–Crippen LogP) is 4.59. The van der Waals surface area contributed by atoms with E-state index in [4.69, 9.17) is 22.1 Å². The summed E-state index contributed by atoms with van der Waals surface area (Å²) in [5.74, 6) is -1.37. The Morgan fingerprint density at radius 1 is 1.21 bits per heavy atom. The minimum Gasteiger partial charge on any atom is -0.368 e. The Hall–Kier alpha value is -3.03. The fourth-order valence-electron chi connectivity index (χ4n) is 3.19. The maximum Gasteiger partial charge on any atom is 0.220 e. The van der Waals surface area contributed by atoms with Crippen molar-refractivity contribution in [1.29, 1.82) is 0 Å². The number of nitrogens with zero attached hydrogens (tertiary/aromatic N) is 3. The van der Waals surface area contributed by atoms with Gasteiger partial charge in [-0.2, -0.15) is 0 Å². The number of ether oxygens (including phenoxy) is 1. The third kappa shape index (κ3) is 3.08. The van der Waals surface area contributed by atoms with Crippen LogP contribution >= 0.6 is 11.6 Å². The normalized spacial score (nSPS) is 16.5. The third-order valence-electron chi connectivity index (χ3n) is 4.46. The Labute approximate surface area is 164 Å². The molecule has 0 saturated heterocycles. The Bertz CT molecular complexity index is 1130. The molecular weight excluding hydrogens is 386 g/mol. The van der Waals surface area contributed by atoms with Gasteiger partial charge < -0.3 is 15.4 Å². The lowest BCUT2D eigenvalue weighted by atomic mass is 9.99. The number of rotatable bonds is 3. The first kappa shape index (κ1) is 18.3. The quantitative estimate of drug-likeness (QED) is 0.696. The summed E-state index contributed by atoms with van der Waals surface area (Å²) in [6.45, 7) is 0. The molecule has 2 aromatic carbocycles. The first-order valence-electron chi connectivity index (χ1n) is 8.36. The van der Waals surface area contributed by atoms with Crippen molar-refractivity contribution in [3.63, 3.8) is 0 Å². The summed E-state index contributed by atoms with van der Waals surface area (Å²) < 4.78 is 35.6. The molecule has 0 aliphatic carbocycles. The van der Waals surface area contributed by atoms with E-state index in [1.807, 2.05) is 0 Å². The van der Waals surface area contributed by atoms with Crippen LogP contribution in [0.15, 0.2) is 59.9 Å². The van der Waals surface area contributed by atoms with E-state index < -0.39 is 17.9 Å². The number of hydrogen-bond donors (Lipinski definition) is 1. The SMILES string of the molecule is COC1C=CC(Cl)=CN1c1ccc(F)c(-c2cccc3nc(N)ncc23)c1F. The molecule has 0 fully saturated rings. The highest BCUT2D eigenvalue weighted by Gasteiger charge is 2.25. The highest BCUT2D eigenvalue weighted by Crippen LogP contribution is 2.37. The summed E-state index contributed by atoms with van der Waals surface area (Å²) in [7, 11) is 1.49. The second-order valence-electron chi connectivity index (χ2n) is 6.13. The summed E-state index contributed by atoms with van der Waals surface area (Å²) in [6.07, 6.45) is 5.74. The minimum atomic E-state index is -0.748. The van der Waals surface area contributed by atoms with E-state index >= 15 is 4.39 Å². The van der Waals surface area contributed by atoms with E-state index in [0.29, 0.717) is 21.5 Å². The first-order valence-corrected chi connectivity index (χ1v) is 8.73. The molecule has 0 amide bonds. The van der Waals surface area contributed by atoms with Crippen molar-refractivity contribution in [1.82, 2.24) is 9.97 Å². The summed E-state index contributed by atoms with van der Waals surface area (Å²) in [4.78, 5) is 9.58. The van der Waals surface area contributed by atoms with Crippen molar-refractivity contribution in [3.05, 3.63) is 71.5 Å². The number of benzene rings is 2. The van der Waals surface area contributed by atoms with Crippen molar-refractivity contribution in [2.75, 3.05) is 17.7 Å². The predicted molar refractivity (Wildman–Crippen MR) is 106 cm³/mol. The van der Waals surface area contributed by atoms with Crippen LogP contribution in [0.25, 0.3) is 22.0 Å². The molecule has 1 aliphatic heterocycles. The monoisotopic (exact) mass is 400 g/mol. The standard InChI is InChI=1S/C20H15ClF2N4O/c1-28-17-8-5-11(21)10-27(17)16-7-6-14(22)18(19(16)23)12-3-2-4-15-13(12)9-25-20(24)26-15/h2-10,17H,1H3,(H2,24,25,26). The molecule has 0 radical (unpaired) electrons. The number of nitrogens with two attached hydrogens (primary N) is 1. The van der Waals surface area contributed by atoms with Crippen LogP contribution in [0.5, 0.6) is 0 Å². The van der Waals surface area contributed by atoms with Gasteiger partial charge in [0.1, 0.15) is 5.82 Å². The van der Waals surface area contributed by atoms with Crippen LogP contribution < -0.4 is 10.6 Å². The number of methoxy groups -OCH3 is 1. The first-order chi connectivity index (χ1) is 13.5. The number of nitrogen functional groups attached to an aromatic ring is 1. The maximum absolute atomic E-state index is 15.5.